The first-order valence-corrected chi connectivity index (χ1v) is 6.82. The highest BCUT2D eigenvalue weighted by Gasteiger charge is 2.13. The second-order valence-electron chi connectivity index (χ2n) is 4.42. The van der Waals surface area contributed by atoms with Gasteiger partial charge in [-0.05, 0) is 43.3 Å². The van der Waals surface area contributed by atoms with Crippen LogP contribution in [0.4, 0.5) is 0 Å². The highest BCUT2D eigenvalue weighted by atomic mass is 16.5. The molecule has 2 aromatic rings. The standard InChI is InChI=1S/C16H18N2O3/c1-2-18(10-11-19)16(20)13-5-7-14(8-6-13)21-15-4-3-9-17-12-15/h3-9,12,19H,2,10-11H2,1H3. The molecule has 0 bridgehead atoms. The fraction of sp³-hybridized carbons (Fsp3) is 0.250. The van der Waals surface area contributed by atoms with Gasteiger partial charge in [-0.2, -0.15) is 0 Å². The topological polar surface area (TPSA) is 62.7 Å². The number of aliphatic hydroxyl groups is 1. The molecule has 5 nitrogen and oxygen atoms in total. The summed E-state index contributed by atoms with van der Waals surface area (Å²) in [5, 5.41) is 8.95. The van der Waals surface area contributed by atoms with E-state index in [1.807, 2.05) is 13.0 Å². The number of ether oxygens (including phenoxy) is 1. The first-order chi connectivity index (χ1) is 10.2. The number of hydrogen-bond donors (Lipinski definition) is 1. The van der Waals surface area contributed by atoms with Crippen molar-refractivity contribution < 1.29 is 14.6 Å². The Morgan fingerprint density at radius 1 is 1.24 bits per heavy atom. The maximum atomic E-state index is 12.2. The quantitative estimate of drug-likeness (QED) is 0.885. The number of amides is 1. The van der Waals surface area contributed by atoms with Crippen LogP contribution >= 0.6 is 0 Å². The number of carbonyl (C=O) groups is 1. The van der Waals surface area contributed by atoms with Gasteiger partial charge in [0.25, 0.3) is 5.91 Å². The predicted molar refractivity (Wildman–Crippen MR) is 79.4 cm³/mol. The second-order valence-corrected chi connectivity index (χ2v) is 4.42. The van der Waals surface area contributed by atoms with Gasteiger partial charge in [-0.15, -0.1) is 0 Å². The fourth-order valence-electron chi connectivity index (χ4n) is 1.92. The van der Waals surface area contributed by atoms with Gasteiger partial charge in [0.1, 0.15) is 11.5 Å². The lowest BCUT2D eigenvalue weighted by atomic mass is 10.2. The molecule has 0 aliphatic carbocycles. The van der Waals surface area contributed by atoms with Gasteiger partial charge in [0.2, 0.25) is 0 Å². The summed E-state index contributed by atoms with van der Waals surface area (Å²) in [6.07, 6.45) is 3.30. The van der Waals surface area contributed by atoms with Gasteiger partial charge in [-0.3, -0.25) is 9.78 Å². The minimum absolute atomic E-state index is 0.0399. The molecule has 1 N–H and O–H groups in total. The maximum Gasteiger partial charge on any atom is 0.253 e. The van der Waals surface area contributed by atoms with Gasteiger partial charge in [-0.25, -0.2) is 0 Å². The van der Waals surface area contributed by atoms with Crippen molar-refractivity contribution in [1.82, 2.24) is 9.88 Å². The van der Waals surface area contributed by atoms with E-state index in [9.17, 15) is 4.79 Å². The van der Waals surface area contributed by atoms with Crippen LogP contribution in [-0.2, 0) is 0 Å². The monoisotopic (exact) mass is 286 g/mol. The molecule has 0 aliphatic rings. The number of hydrogen-bond acceptors (Lipinski definition) is 4. The normalized spacial score (nSPS) is 10.2. The molecule has 0 radical (unpaired) electrons. The van der Waals surface area contributed by atoms with Crippen LogP contribution in [0.15, 0.2) is 48.8 Å². The number of carbonyl (C=O) groups excluding carboxylic acids is 1. The lowest BCUT2D eigenvalue weighted by Crippen LogP contribution is -2.33. The average molecular weight is 286 g/mol. The van der Waals surface area contributed by atoms with Crippen molar-refractivity contribution in [3.8, 4) is 11.5 Å². The van der Waals surface area contributed by atoms with Crippen molar-refractivity contribution in [3.63, 3.8) is 0 Å². The van der Waals surface area contributed by atoms with Gasteiger partial charge in [0.15, 0.2) is 0 Å². The summed E-state index contributed by atoms with van der Waals surface area (Å²) in [6.45, 7) is 2.74. The first kappa shape index (κ1) is 15.0. The minimum atomic E-state index is -0.0977. The predicted octanol–water partition coefficient (Wildman–Crippen LogP) is 2.33. The Bertz CT molecular complexity index is 570. The summed E-state index contributed by atoms with van der Waals surface area (Å²) >= 11 is 0. The van der Waals surface area contributed by atoms with E-state index in [-0.39, 0.29) is 12.5 Å². The van der Waals surface area contributed by atoms with Crippen molar-refractivity contribution >= 4 is 5.91 Å². The summed E-state index contributed by atoms with van der Waals surface area (Å²) in [7, 11) is 0. The Labute approximate surface area is 123 Å². The Kier molecular flexibility index (Phi) is 5.29. The Hall–Kier alpha value is -2.40. The maximum absolute atomic E-state index is 12.2. The third kappa shape index (κ3) is 4.03. The van der Waals surface area contributed by atoms with Crippen molar-refractivity contribution in [2.75, 3.05) is 19.7 Å². The van der Waals surface area contributed by atoms with Gasteiger partial charge in [0.05, 0.1) is 12.8 Å². The Morgan fingerprint density at radius 3 is 2.57 bits per heavy atom. The van der Waals surface area contributed by atoms with E-state index >= 15 is 0 Å². The van der Waals surface area contributed by atoms with Crippen LogP contribution in [0.25, 0.3) is 0 Å². The molecule has 2 rings (SSSR count). The molecule has 21 heavy (non-hydrogen) atoms. The summed E-state index contributed by atoms with van der Waals surface area (Å²) in [6, 6.07) is 10.5. The highest BCUT2D eigenvalue weighted by Crippen LogP contribution is 2.20. The molecule has 1 heterocycles. The summed E-state index contributed by atoms with van der Waals surface area (Å²) in [5.41, 5.74) is 0.573. The first-order valence-electron chi connectivity index (χ1n) is 6.82. The van der Waals surface area contributed by atoms with Crippen molar-refractivity contribution in [2.45, 2.75) is 6.92 Å². The van der Waals surface area contributed by atoms with Crippen LogP contribution in [0.5, 0.6) is 11.5 Å². The van der Waals surface area contributed by atoms with Crippen molar-refractivity contribution in [2.24, 2.45) is 0 Å². The zero-order valence-electron chi connectivity index (χ0n) is 11.9. The third-order valence-corrected chi connectivity index (χ3v) is 3.01. The van der Waals surface area contributed by atoms with Crippen LogP contribution < -0.4 is 4.74 Å². The molecule has 1 aromatic heterocycles. The number of aliphatic hydroxyl groups excluding tert-OH is 1. The smallest absolute Gasteiger partial charge is 0.253 e. The minimum Gasteiger partial charge on any atom is -0.456 e. The van der Waals surface area contributed by atoms with E-state index in [2.05, 4.69) is 4.98 Å². The van der Waals surface area contributed by atoms with Crippen LogP contribution in [0.1, 0.15) is 17.3 Å². The molecule has 5 heteroatoms. The number of likely N-dealkylation sites (N-methyl/N-ethyl adjacent to an activating group) is 1. The van der Waals surface area contributed by atoms with Crippen LogP contribution in [0, 0.1) is 0 Å². The Balaban J connectivity index is 2.06. The van der Waals surface area contributed by atoms with E-state index in [1.54, 1.807) is 47.6 Å². The molecule has 0 fully saturated rings. The van der Waals surface area contributed by atoms with Crippen molar-refractivity contribution in [1.29, 1.82) is 0 Å². The average Bonchev–Trinajstić information content (AvgIpc) is 2.54. The van der Waals surface area contributed by atoms with Crippen LogP contribution in [-0.4, -0.2) is 40.6 Å². The van der Waals surface area contributed by atoms with Crippen LogP contribution in [0.2, 0.25) is 0 Å². The van der Waals surface area contributed by atoms with Gasteiger partial charge in [-0.1, -0.05) is 0 Å². The zero-order valence-corrected chi connectivity index (χ0v) is 11.9. The van der Waals surface area contributed by atoms with E-state index in [4.69, 9.17) is 9.84 Å². The van der Waals surface area contributed by atoms with E-state index in [0.717, 1.165) is 0 Å². The number of benzene rings is 1. The molecule has 0 aliphatic heterocycles. The molecule has 1 aromatic carbocycles. The SMILES string of the molecule is CCN(CCO)C(=O)c1ccc(Oc2cccnc2)cc1. The Morgan fingerprint density at radius 2 is 2.00 bits per heavy atom. The zero-order chi connectivity index (χ0) is 15.1. The second kappa shape index (κ2) is 7.40. The number of aromatic nitrogens is 1. The molecule has 0 spiro atoms. The molecule has 110 valence electrons. The van der Waals surface area contributed by atoms with Gasteiger partial charge < -0.3 is 14.7 Å². The molecular weight excluding hydrogens is 268 g/mol. The number of pyridine rings is 1. The van der Waals surface area contributed by atoms with Crippen LogP contribution in [0.3, 0.4) is 0 Å². The number of rotatable bonds is 6. The lowest BCUT2D eigenvalue weighted by molar-refractivity contribution is 0.0732. The molecule has 0 unspecified atom stereocenters. The van der Waals surface area contributed by atoms with E-state index in [1.165, 1.54) is 0 Å². The number of nitrogens with zero attached hydrogens (tertiary/aromatic N) is 2. The fourth-order valence-corrected chi connectivity index (χ4v) is 1.92. The van der Waals surface area contributed by atoms with Gasteiger partial charge >= 0.3 is 0 Å². The van der Waals surface area contributed by atoms with E-state index in [0.29, 0.717) is 30.2 Å². The molecule has 0 saturated heterocycles. The molecular formula is C16H18N2O3. The molecule has 1 amide bonds. The van der Waals surface area contributed by atoms with E-state index < -0.39 is 0 Å². The summed E-state index contributed by atoms with van der Waals surface area (Å²) in [5.74, 6) is 1.19. The summed E-state index contributed by atoms with van der Waals surface area (Å²) in [4.78, 5) is 17.8. The summed E-state index contributed by atoms with van der Waals surface area (Å²) < 4.78 is 5.62. The molecule has 0 atom stereocenters. The van der Waals surface area contributed by atoms with Crippen molar-refractivity contribution in [3.05, 3.63) is 54.4 Å². The lowest BCUT2D eigenvalue weighted by Gasteiger charge is -2.19. The molecule has 0 saturated carbocycles. The highest BCUT2D eigenvalue weighted by molar-refractivity contribution is 5.94. The third-order valence-electron chi connectivity index (χ3n) is 3.01. The largest absolute Gasteiger partial charge is 0.456 e. The van der Waals surface area contributed by atoms with Gasteiger partial charge in [0, 0.05) is 24.8 Å².